The largest absolute Gasteiger partial charge is 0.328 e. The number of carbonyl (C=O) groups excluding carboxylic acids is 1. The maximum Gasteiger partial charge on any atom is 0.163 e. The summed E-state index contributed by atoms with van der Waals surface area (Å²) >= 11 is 0. The first-order valence-corrected chi connectivity index (χ1v) is 5.84. The molecule has 0 unspecified atom stereocenters. The Balaban J connectivity index is 2.54. The summed E-state index contributed by atoms with van der Waals surface area (Å²) in [5.74, 6) is 0.502. The second-order valence-corrected chi connectivity index (χ2v) is 4.12. The zero-order valence-electron chi connectivity index (χ0n) is 10.8. The zero-order chi connectivity index (χ0) is 13.8. The summed E-state index contributed by atoms with van der Waals surface area (Å²) in [5.41, 5.74) is 1.81. The lowest BCUT2D eigenvalue weighted by atomic mass is 10.1. The van der Waals surface area contributed by atoms with Crippen molar-refractivity contribution in [2.45, 2.75) is 6.92 Å². The van der Waals surface area contributed by atoms with E-state index in [0.29, 0.717) is 16.9 Å². The number of rotatable bonds is 3. The van der Waals surface area contributed by atoms with Crippen molar-refractivity contribution in [1.82, 2.24) is 4.98 Å². The molecule has 0 aliphatic carbocycles. The predicted octanol–water partition coefficient (Wildman–Crippen LogP) is 2.92. The van der Waals surface area contributed by atoms with E-state index in [1.807, 2.05) is 12.1 Å². The fraction of sp³-hybridized carbons (Fsp3) is 0.133. The lowest BCUT2D eigenvalue weighted by Crippen LogP contribution is -2.16. The Labute approximate surface area is 111 Å². The van der Waals surface area contributed by atoms with Crippen LogP contribution in [-0.4, -0.2) is 17.8 Å². The second-order valence-electron chi connectivity index (χ2n) is 4.12. The highest BCUT2D eigenvalue weighted by atomic mass is 16.1. The van der Waals surface area contributed by atoms with Crippen LogP contribution in [0.5, 0.6) is 0 Å². The van der Waals surface area contributed by atoms with Crippen molar-refractivity contribution in [3.63, 3.8) is 0 Å². The van der Waals surface area contributed by atoms with Gasteiger partial charge >= 0.3 is 0 Å². The zero-order valence-corrected chi connectivity index (χ0v) is 10.8. The van der Waals surface area contributed by atoms with Crippen LogP contribution in [0.3, 0.4) is 0 Å². The summed E-state index contributed by atoms with van der Waals surface area (Å²) in [6, 6.07) is 12.8. The van der Waals surface area contributed by atoms with Gasteiger partial charge < -0.3 is 4.90 Å². The summed E-state index contributed by atoms with van der Waals surface area (Å²) in [4.78, 5) is 17.6. The first kappa shape index (κ1) is 12.8. The number of hydrogen-bond acceptors (Lipinski definition) is 4. The Kier molecular flexibility index (Phi) is 3.58. The molecular weight excluding hydrogens is 238 g/mol. The molecule has 4 heteroatoms. The number of para-hydroxylation sites is 1. The van der Waals surface area contributed by atoms with Crippen molar-refractivity contribution in [3.05, 3.63) is 53.7 Å². The van der Waals surface area contributed by atoms with Gasteiger partial charge in [0, 0.05) is 13.2 Å². The van der Waals surface area contributed by atoms with Crippen molar-refractivity contribution in [1.29, 1.82) is 5.26 Å². The fourth-order valence-electron chi connectivity index (χ4n) is 1.91. The minimum Gasteiger partial charge on any atom is -0.328 e. The first-order chi connectivity index (χ1) is 9.15. The Morgan fingerprint density at radius 1 is 1.26 bits per heavy atom. The van der Waals surface area contributed by atoms with Crippen molar-refractivity contribution in [3.8, 4) is 6.07 Å². The minimum atomic E-state index is -0.0515. The molecule has 19 heavy (non-hydrogen) atoms. The molecule has 0 aliphatic heterocycles. The molecule has 1 aromatic carbocycles. The van der Waals surface area contributed by atoms with Crippen LogP contribution < -0.4 is 4.90 Å². The number of benzene rings is 1. The number of nitrogens with zero attached hydrogens (tertiary/aromatic N) is 3. The highest BCUT2D eigenvalue weighted by Gasteiger charge is 2.15. The number of anilines is 2. The molecule has 0 fully saturated rings. The van der Waals surface area contributed by atoms with Crippen LogP contribution in [-0.2, 0) is 0 Å². The summed E-state index contributed by atoms with van der Waals surface area (Å²) in [5, 5.41) is 9.13. The average molecular weight is 251 g/mol. The normalized spacial score (nSPS) is 9.74. The van der Waals surface area contributed by atoms with E-state index in [0.717, 1.165) is 5.69 Å². The Hall–Kier alpha value is -2.67. The van der Waals surface area contributed by atoms with E-state index >= 15 is 0 Å². The number of carbonyl (C=O) groups is 1. The maximum atomic E-state index is 11.6. The van der Waals surface area contributed by atoms with E-state index in [1.165, 1.54) is 6.92 Å². The van der Waals surface area contributed by atoms with Gasteiger partial charge in [-0.15, -0.1) is 0 Å². The van der Waals surface area contributed by atoms with Crippen LogP contribution in [0.1, 0.15) is 22.8 Å². The van der Waals surface area contributed by atoms with Crippen LogP contribution in [0.15, 0.2) is 42.6 Å². The lowest BCUT2D eigenvalue weighted by molar-refractivity contribution is 0.101. The Bertz CT molecular complexity index is 658. The minimum absolute atomic E-state index is 0.0515. The van der Waals surface area contributed by atoms with Crippen molar-refractivity contribution in [2.24, 2.45) is 0 Å². The third kappa shape index (κ3) is 2.45. The van der Waals surface area contributed by atoms with Gasteiger partial charge in [-0.2, -0.15) is 5.26 Å². The molecular formula is C15H13N3O. The number of ketones is 1. The topological polar surface area (TPSA) is 57.0 Å². The number of Topliss-reactive ketones (excluding diaryl/α,β-unsaturated/α-hetero) is 1. The van der Waals surface area contributed by atoms with Gasteiger partial charge in [0.2, 0.25) is 0 Å². The molecule has 1 aromatic heterocycles. The summed E-state index contributed by atoms with van der Waals surface area (Å²) in [7, 11) is 1.80. The molecule has 1 heterocycles. The first-order valence-electron chi connectivity index (χ1n) is 5.84. The molecule has 4 nitrogen and oxygen atoms in total. The molecule has 2 rings (SSSR count). The van der Waals surface area contributed by atoms with Crippen molar-refractivity contribution >= 4 is 17.3 Å². The fourth-order valence-corrected chi connectivity index (χ4v) is 1.91. The average Bonchev–Trinajstić information content (AvgIpc) is 2.46. The molecule has 2 aromatic rings. The predicted molar refractivity (Wildman–Crippen MR) is 73.5 cm³/mol. The standard InChI is InChI=1S/C15H13N3O/c1-11(19)13-7-5-9-17-15(13)18(2)14-8-4-3-6-12(14)10-16/h3-9H,1-2H3. The van der Waals surface area contributed by atoms with Crippen LogP contribution in [0.4, 0.5) is 11.5 Å². The highest BCUT2D eigenvalue weighted by Crippen LogP contribution is 2.27. The third-order valence-corrected chi connectivity index (χ3v) is 2.87. The summed E-state index contributed by atoms with van der Waals surface area (Å²) < 4.78 is 0. The molecule has 0 radical (unpaired) electrons. The molecule has 0 saturated carbocycles. The SMILES string of the molecule is CC(=O)c1cccnc1N(C)c1ccccc1C#N. The van der Waals surface area contributed by atoms with Gasteiger partial charge in [-0.1, -0.05) is 12.1 Å². The Morgan fingerprint density at radius 3 is 2.68 bits per heavy atom. The maximum absolute atomic E-state index is 11.6. The van der Waals surface area contributed by atoms with Crippen LogP contribution >= 0.6 is 0 Å². The number of aromatic nitrogens is 1. The molecule has 0 bridgehead atoms. The van der Waals surface area contributed by atoms with E-state index in [-0.39, 0.29) is 5.78 Å². The van der Waals surface area contributed by atoms with Crippen LogP contribution in [0.25, 0.3) is 0 Å². The van der Waals surface area contributed by atoms with Gasteiger partial charge in [0.15, 0.2) is 5.78 Å². The number of nitriles is 1. The summed E-state index contributed by atoms with van der Waals surface area (Å²) in [6.07, 6.45) is 1.63. The van der Waals surface area contributed by atoms with Crippen molar-refractivity contribution in [2.75, 3.05) is 11.9 Å². The lowest BCUT2D eigenvalue weighted by Gasteiger charge is -2.21. The van der Waals surface area contributed by atoms with Gasteiger partial charge in [0.05, 0.1) is 16.8 Å². The number of hydrogen-bond donors (Lipinski definition) is 0. The van der Waals surface area contributed by atoms with E-state index < -0.39 is 0 Å². The molecule has 0 N–H and O–H groups in total. The Morgan fingerprint density at radius 2 is 2.00 bits per heavy atom. The van der Waals surface area contributed by atoms with Gasteiger partial charge in [-0.25, -0.2) is 4.98 Å². The smallest absolute Gasteiger partial charge is 0.163 e. The molecule has 0 aliphatic rings. The quantitative estimate of drug-likeness (QED) is 0.787. The molecule has 0 amide bonds. The molecule has 94 valence electrons. The monoisotopic (exact) mass is 251 g/mol. The van der Waals surface area contributed by atoms with Crippen molar-refractivity contribution < 1.29 is 4.79 Å². The number of pyridine rings is 1. The van der Waals surface area contributed by atoms with E-state index in [2.05, 4.69) is 11.1 Å². The van der Waals surface area contributed by atoms with Gasteiger partial charge in [-0.3, -0.25) is 4.79 Å². The van der Waals surface area contributed by atoms with Gasteiger partial charge in [0.1, 0.15) is 11.9 Å². The summed E-state index contributed by atoms with van der Waals surface area (Å²) in [6.45, 7) is 1.50. The second kappa shape index (κ2) is 5.32. The molecule has 0 saturated heterocycles. The van der Waals surface area contributed by atoms with Gasteiger partial charge in [-0.05, 0) is 31.2 Å². The molecule has 0 spiro atoms. The van der Waals surface area contributed by atoms with E-state index in [9.17, 15) is 4.79 Å². The third-order valence-electron chi connectivity index (χ3n) is 2.87. The van der Waals surface area contributed by atoms with E-state index in [4.69, 9.17) is 5.26 Å². The van der Waals surface area contributed by atoms with E-state index in [1.54, 1.807) is 42.4 Å². The highest BCUT2D eigenvalue weighted by molar-refractivity contribution is 5.99. The van der Waals surface area contributed by atoms with Crippen LogP contribution in [0, 0.1) is 11.3 Å². The van der Waals surface area contributed by atoms with Crippen LogP contribution in [0.2, 0.25) is 0 Å². The molecule has 0 atom stereocenters. The van der Waals surface area contributed by atoms with Gasteiger partial charge in [0.25, 0.3) is 0 Å².